The quantitative estimate of drug-likeness (QED) is 0.0531. The summed E-state index contributed by atoms with van der Waals surface area (Å²) in [5, 5.41) is 59.9. The number of carbonyl (C=O) groups is 2. The molecule has 0 aromatic heterocycles. The number of rotatable bonds is 23. The van der Waals surface area contributed by atoms with Gasteiger partial charge in [0.25, 0.3) is 0 Å². The Morgan fingerprint density at radius 3 is 1.84 bits per heavy atom. The number of phosphoric acid groups is 2. The number of aliphatic hydroxyl groups is 6. The van der Waals surface area contributed by atoms with E-state index in [-0.39, 0.29) is 75.9 Å². The summed E-state index contributed by atoms with van der Waals surface area (Å²) >= 11 is 0. The highest BCUT2D eigenvalue weighted by atomic mass is 31.2. The van der Waals surface area contributed by atoms with E-state index >= 15 is 0 Å². The van der Waals surface area contributed by atoms with E-state index in [1.54, 1.807) is 39.5 Å². The Bertz CT molecular complexity index is 1540. The first-order chi connectivity index (χ1) is 29.5. The van der Waals surface area contributed by atoms with Gasteiger partial charge in [-0.1, -0.05) is 20.8 Å². The number of carbonyl (C=O) groups excluding carboxylic acids is 2. The Kier molecular flexibility index (Phi) is 20.9. The van der Waals surface area contributed by atoms with Crippen molar-refractivity contribution in [3.63, 3.8) is 0 Å². The molecule has 23 heteroatoms. The second-order valence-corrected chi connectivity index (χ2v) is 21.5. The first kappa shape index (κ1) is 54.4. The second-order valence-electron chi connectivity index (χ2n) is 18.7. The molecule has 4 fully saturated rings. The lowest BCUT2D eigenvalue weighted by Gasteiger charge is -2.40. The van der Waals surface area contributed by atoms with Crippen molar-refractivity contribution in [3.8, 4) is 0 Å². The van der Waals surface area contributed by atoms with Gasteiger partial charge in [0.2, 0.25) is 11.8 Å². The van der Waals surface area contributed by atoms with Gasteiger partial charge in [0.1, 0.15) is 12.2 Å². The number of phosphoric ester groups is 2. The third-order valence-corrected chi connectivity index (χ3v) is 14.6. The van der Waals surface area contributed by atoms with E-state index in [2.05, 4.69) is 0 Å². The average molecular weight is 949 g/mol. The van der Waals surface area contributed by atoms with Crippen LogP contribution in [0.5, 0.6) is 0 Å². The lowest BCUT2D eigenvalue weighted by atomic mass is 9.77. The van der Waals surface area contributed by atoms with Crippen molar-refractivity contribution >= 4 is 27.5 Å². The van der Waals surface area contributed by atoms with Crippen LogP contribution in [0.2, 0.25) is 0 Å². The van der Waals surface area contributed by atoms with Gasteiger partial charge in [0.15, 0.2) is 6.29 Å². The fraction of sp³-hybridized carbons (Fsp3) is 0.950. The average Bonchev–Trinajstić information content (AvgIpc) is 3.79. The largest absolute Gasteiger partial charge is 0.472 e. The smallest absolute Gasteiger partial charge is 0.396 e. The molecule has 21 nitrogen and oxygen atoms in total. The molecule has 16 atom stereocenters. The van der Waals surface area contributed by atoms with Gasteiger partial charge in [-0.25, -0.2) is 9.13 Å². The number of ether oxygens (including phenoxy) is 3. The summed E-state index contributed by atoms with van der Waals surface area (Å²) < 4.78 is 64.8. The van der Waals surface area contributed by atoms with Crippen molar-refractivity contribution < 1.29 is 91.5 Å². The van der Waals surface area contributed by atoms with Crippen molar-refractivity contribution in [1.82, 2.24) is 9.80 Å². The third kappa shape index (κ3) is 16.2. The maximum absolute atomic E-state index is 13.6. The van der Waals surface area contributed by atoms with E-state index in [0.717, 1.165) is 0 Å². The molecule has 3 aliphatic heterocycles. The monoisotopic (exact) mass is 948 g/mol. The molecule has 368 valence electrons. The van der Waals surface area contributed by atoms with Gasteiger partial charge in [-0.3, -0.25) is 27.7 Å². The van der Waals surface area contributed by atoms with Crippen LogP contribution in [0.4, 0.5) is 0 Å². The van der Waals surface area contributed by atoms with Crippen molar-refractivity contribution in [2.24, 2.45) is 23.7 Å². The van der Waals surface area contributed by atoms with Gasteiger partial charge in [0, 0.05) is 63.5 Å². The number of likely N-dealkylation sites (tertiary alicyclic amines) is 2. The van der Waals surface area contributed by atoms with Crippen LogP contribution in [0, 0.1) is 23.7 Å². The van der Waals surface area contributed by atoms with Gasteiger partial charge in [-0.15, -0.1) is 0 Å². The van der Waals surface area contributed by atoms with Gasteiger partial charge < -0.3 is 64.4 Å². The molecule has 0 bridgehead atoms. The fourth-order valence-corrected chi connectivity index (χ4v) is 10.8. The van der Waals surface area contributed by atoms with Crippen molar-refractivity contribution in [3.05, 3.63) is 0 Å². The number of aliphatic hydroxyl groups excluding tert-OH is 6. The summed E-state index contributed by atoms with van der Waals surface area (Å²) in [6, 6.07) is -1.33. The molecule has 2 amide bonds. The summed E-state index contributed by atoms with van der Waals surface area (Å²) in [4.78, 5) is 51.0. The predicted molar refractivity (Wildman–Crippen MR) is 223 cm³/mol. The topological polar surface area (TPSA) is 301 Å². The second kappa shape index (κ2) is 24.2. The summed E-state index contributed by atoms with van der Waals surface area (Å²) in [5.74, 6) is -1.84. The minimum atomic E-state index is -4.75. The molecule has 1 aliphatic carbocycles. The Morgan fingerprint density at radius 2 is 1.25 bits per heavy atom. The molecule has 12 unspecified atom stereocenters. The standard InChI is InChI=1S/C40H74N2O19P2/c1-24-15-28(41(18-24)33(45)11-8-10-14-56-39-26(3)36(48)38(50)32(21-44)59-39)22-57-62(51,52)60-30-17-29(23-58-63(53,54)61-40(4,5)6)42(19-30)34(46)12-7-9-13-55-31-16-27(20-43)37(49)35(47)25(31)2/h24-32,35-39,43-44,47-50H,7-23H2,1-6H3,(H,51,52)(H,53,54)/t24-,25?,26?,27?,28+,29+,30-,31?,32?,35?,36?,37?,38?,39?/m1/s1. The number of unbranched alkanes of at least 4 members (excludes halogenated alkanes) is 2. The van der Waals surface area contributed by atoms with E-state index in [9.17, 15) is 59.1 Å². The maximum Gasteiger partial charge on any atom is 0.472 e. The fourth-order valence-electron chi connectivity index (χ4n) is 8.73. The SMILES string of the molecule is CC1C(OCCCCC(=O)N2C[C@H](OP(=O)(O)OC[C@@H]3C[C@@H](C)CN3C(=O)CCCCOC3OC(CO)C(O)C(O)C3C)C[C@H]2COP(=O)(O)OC(C)(C)C)CC(CO)C(O)C1O. The number of amides is 2. The molecule has 0 aromatic carbocycles. The van der Waals surface area contributed by atoms with Crippen molar-refractivity contribution in [2.45, 2.75) is 166 Å². The van der Waals surface area contributed by atoms with E-state index < -0.39 is 107 Å². The first-order valence-electron chi connectivity index (χ1n) is 22.2. The number of hydrogen-bond acceptors (Lipinski definition) is 17. The number of hydrogen-bond donors (Lipinski definition) is 8. The molecule has 63 heavy (non-hydrogen) atoms. The predicted octanol–water partition coefficient (Wildman–Crippen LogP) is 1.45. The molecule has 8 N–H and O–H groups in total. The van der Waals surface area contributed by atoms with E-state index in [0.29, 0.717) is 45.1 Å². The molecule has 3 saturated heterocycles. The molecular formula is C40H74N2O19P2. The Labute approximate surface area is 370 Å². The van der Waals surface area contributed by atoms with E-state index in [1.807, 2.05) is 6.92 Å². The number of nitrogens with zero attached hydrogens (tertiary/aromatic N) is 2. The molecule has 3 heterocycles. The van der Waals surface area contributed by atoms with Crippen LogP contribution in [-0.2, 0) is 51.0 Å². The van der Waals surface area contributed by atoms with Crippen LogP contribution in [0.1, 0.15) is 99.3 Å². The highest BCUT2D eigenvalue weighted by Gasteiger charge is 2.45. The maximum atomic E-state index is 13.6. The third-order valence-electron chi connectivity index (χ3n) is 12.3. The molecule has 4 aliphatic rings. The van der Waals surface area contributed by atoms with Gasteiger partial charge >= 0.3 is 15.6 Å². The minimum absolute atomic E-state index is 0.0246. The summed E-state index contributed by atoms with van der Waals surface area (Å²) in [6.45, 7) is 9.38. The highest BCUT2D eigenvalue weighted by molar-refractivity contribution is 7.47. The van der Waals surface area contributed by atoms with Crippen LogP contribution < -0.4 is 0 Å². The minimum Gasteiger partial charge on any atom is -0.396 e. The van der Waals surface area contributed by atoms with Gasteiger partial charge in [0.05, 0.1) is 68.0 Å². The summed E-state index contributed by atoms with van der Waals surface area (Å²) in [5.41, 5.74) is -1.02. The molecule has 0 spiro atoms. The van der Waals surface area contributed by atoms with Crippen LogP contribution in [0.3, 0.4) is 0 Å². The molecule has 4 rings (SSSR count). The zero-order chi connectivity index (χ0) is 46.9. The molecule has 0 radical (unpaired) electrons. The van der Waals surface area contributed by atoms with Crippen molar-refractivity contribution in [2.75, 3.05) is 52.7 Å². The molecular weight excluding hydrogens is 874 g/mol. The van der Waals surface area contributed by atoms with Crippen LogP contribution in [-0.4, -0.2) is 181 Å². The summed E-state index contributed by atoms with van der Waals surface area (Å²) in [7, 11) is -9.31. The van der Waals surface area contributed by atoms with E-state index in [4.69, 9.17) is 32.3 Å². The van der Waals surface area contributed by atoms with Gasteiger partial charge in [-0.05, 0) is 71.6 Å². The Balaban J connectivity index is 1.26. The Morgan fingerprint density at radius 1 is 0.698 bits per heavy atom. The van der Waals surface area contributed by atoms with Crippen LogP contribution in [0.15, 0.2) is 0 Å². The lowest BCUT2D eigenvalue weighted by molar-refractivity contribution is -0.282. The first-order valence-corrected chi connectivity index (χ1v) is 25.2. The Hall–Kier alpha value is -1.20. The normalized spacial score (nSPS) is 36.0. The zero-order valence-corrected chi connectivity index (χ0v) is 39.2. The molecule has 0 aromatic rings. The van der Waals surface area contributed by atoms with Gasteiger partial charge in [-0.2, -0.15) is 0 Å². The summed E-state index contributed by atoms with van der Waals surface area (Å²) in [6.07, 6.45) is -4.78. The van der Waals surface area contributed by atoms with E-state index in [1.165, 1.54) is 4.90 Å². The zero-order valence-electron chi connectivity index (χ0n) is 37.5. The lowest BCUT2D eigenvalue weighted by Crippen LogP contribution is -2.55. The van der Waals surface area contributed by atoms with Crippen molar-refractivity contribution in [1.29, 1.82) is 0 Å². The van der Waals surface area contributed by atoms with Crippen LogP contribution >= 0.6 is 15.6 Å². The molecule has 1 saturated carbocycles. The highest BCUT2D eigenvalue weighted by Crippen LogP contribution is 2.50. The van der Waals surface area contributed by atoms with Crippen LogP contribution in [0.25, 0.3) is 0 Å².